The first-order valence-electron chi connectivity index (χ1n) is 6.78. The molecule has 0 spiro atoms. The van der Waals surface area contributed by atoms with Crippen LogP contribution in [0.4, 0.5) is 0 Å². The number of nitrogens with zero attached hydrogens (tertiary/aromatic N) is 2. The van der Waals surface area contributed by atoms with E-state index in [2.05, 4.69) is 41.6 Å². The van der Waals surface area contributed by atoms with Gasteiger partial charge in [0.1, 0.15) is 0 Å². The zero-order valence-electron chi connectivity index (χ0n) is 12.1. The fourth-order valence-electron chi connectivity index (χ4n) is 2.41. The zero-order valence-corrected chi connectivity index (χ0v) is 14.5. The molecule has 1 fully saturated rings. The molecule has 1 aromatic carbocycles. The van der Waals surface area contributed by atoms with Crippen molar-refractivity contribution in [2.24, 2.45) is 0 Å². The first-order valence-corrected chi connectivity index (χ1v) is 7.95. The van der Waals surface area contributed by atoms with E-state index in [1.165, 1.54) is 0 Å². The summed E-state index contributed by atoms with van der Waals surface area (Å²) < 4.78 is 0.874. The second kappa shape index (κ2) is 6.04. The topological polar surface area (TPSA) is 23.6 Å². The smallest absolute Gasteiger partial charge is 0.255 e. The lowest BCUT2D eigenvalue weighted by Crippen LogP contribution is -2.54. The van der Waals surface area contributed by atoms with E-state index in [0.29, 0.717) is 10.6 Å². The van der Waals surface area contributed by atoms with E-state index in [1.807, 2.05) is 11.0 Å². The normalized spacial score (nSPS) is 17.4. The highest BCUT2D eigenvalue weighted by Gasteiger charge is 2.28. The summed E-state index contributed by atoms with van der Waals surface area (Å²) in [4.78, 5) is 16.8. The molecule has 0 N–H and O–H groups in total. The van der Waals surface area contributed by atoms with Crippen LogP contribution < -0.4 is 0 Å². The Morgan fingerprint density at radius 3 is 2.35 bits per heavy atom. The van der Waals surface area contributed by atoms with Gasteiger partial charge in [-0.3, -0.25) is 9.69 Å². The molecule has 0 unspecified atom stereocenters. The Labute approximate surface area is 134 Å². The quantitative estimate of drug-likeness (QED) is 0.764. The van der Waals surface area contributed by atoms with Crippen LogP contribution in [0.1, 0.15) is 31.1 Å². The number of hydrogen-bond donors (Lipinski definition) is 0. The fourth-order valence-corrected chi connectivity index (χ4v) is 2.97. The van der Waals surface area contributed by atoms with Gasteiger partial charge in [-0.1, -0.05) is 27.5 Å². The molecule has 0 atom stereocenters. The number of piperazine rings is 1. The molecule has 1 heterocycles. The van der Waals surface area contributed by atoms with Crippen LogP contribution in [0.15, 0.2) is 22.7 Å². The summed E-state index contributed by atoms with van der Waals surface area (Å²) in [6.45, 7) is 9.92. The van der Waals surface area contributed by atoms with Gasteiger partial charge in [0.2, 0.25) is 0 Å². The molecule has 2 rings (SSSR count). The SMILES string of the molecule is CC(C)(C)N1CCN(C(=O)c2cc(Br)ccc2Cl)CC1. The minimum Gasteiger partial charge on any atom is -0.336 e. The van der Waals surface area contributed by atoms with E-state index in [9.17, 15) is 4.79 Å². The third-order valence-electron chi connectivity index (χ3n) is 3.67. The van der Waals surface area contributed by atoms with Crippen molar-refractivity contribution in [3.63, 3.8) is 0 Å². The minimum atomic E-state index is 0.0184. The largest absolute Gasteiger partial charge is 0.336 e. The van der Waals surface area contributed by atoms with E-state index in [0.717, 1.165) is 30.7 Å². The second-order valence-corrected chi connectivity index (χ2v) is 7.40. The molecule has 0 saturated carbocycles. The third-order valence-corrected chi connectivity index (χ3v) is 4.50. The van der Waals surface area contributed by atoms with Gasteiger partial charge in [0.25, 0.3) is 5.91 Å². The molecule has 0 bridgehead atoms. The maximum Gasteiger partial charge on any atom is 0.255 e. The van der Waals surface area contributed by atoms with Crippen molar-refractivity contribution in [1.29, 1.82) is 0 Å². The summed E-state index contributed by atoms with van der Waals surface area (Å²) >= 11 is 9.52. The van der Waals surface area contributed by atoms with Crippen LogP contribution in [-0.4, -0.2) is 47.4 Å². The van der Waals surface area contributed by atoms with Crippen molar-refractivity contribution in [3.05, 3.63) is 33.3 Å². The molecular formula is C15H20BrClN2O. The predicted octanol–water partition coefficient (Wildman–Crippen LogP) is 3.66. The van der Waals surface area contributed by atoms with E-state index < -0.39 is 0 Å². The van der Waals surface area contributed by atoms with E-state index in [-0.39, 0.29) is 11.4 Å². The molecule has 1 aliphatic heterocycles. The van der Waals surface area contributed by atoms with E-state index in [4.69, 9.17) is 11.6 Å². The number of benzene rings is 1. The number of rotatable bonds is 1. The highest BCUT2D eigenvalue weighted by molar-refractivity contribution is 9.10. The number of carbonyl (C=O) groups excluding carboxylic acids is 1. The van der Waals surface area contributed by atoms with E-state index >= 15 is 0 Å². The minimum absolute atomic E-state index is 0.0184. The van der Waals surface area contributed by atoms with E-state index in [1.54, 1.807) is 12.1 Å². The molecule has 20 heavy (non-hydrogen) atoms. The number of hydrogen-bond acceptors (Lipinski definition) is 2. The van der Waals surface area contributed by atoms with Crippen LogP contribution in [0.2, 0.25) is 5.02 Å². The predicted molar refractivity (Wildman–Crippen MR) is 86.4 cm³/mol. The molecule has 1 aliphatic rings. The van der Waals surface area contributed by atoms with Crippen molar-refractivity contribution in [1.82, 2.24) is 9.80 Å². The number of amides is 1. The van der Waals surface area contributed by atoms with Crippen LogP contribution in [0, 0.1) is 0 Å². The van der Waals surface area contributed by atoms with Crippen molar-refractivity contribution >= 4 is 33.4 Å². The molecule has 110 valence electrons. The van der Waals surface area contributed by atoms with Gasteiger partial charge in [-0.2, -0.15) is 0 Å². The van der Waals surface area contributed by atoms with Gasteiger partial charge in [0.15, 0.2) is 0 Å². The lowest BCUT2D eigenvalue weighted by Gasteiger charge is -2.42. The van der Waals surface area contributed by atoms with Crippen LogP contribution in [0.25, 0.3) is 0 Å². The summed E-state index contributed by atoms with van der Waals surface area (Å²) in [5.74, 6) is 0.0184. The molecule has 3 nitrogen and oxygen atoms in total. The molecule has 0 aliphatic carbocycles. The average Bonchev–Trinajstić information content (AvgIpc) is 2.40. The standard InChI is InChI=1S/C15H20BrClN2O/c1-15(2,3)19-8-6-18(7-9-19)14(20)12-10-11(16)4-5-13(12)17/h4-5,10H,6-9H2,1-3H3. The third kappa shape index (κ3) is 3.54. The molecular weight excluding hydrogens is 340 g/mol. The Morgan fingerprint density at radius 1 is 1.20 bits per heavy atom. The summed E-state index contributed by atoms with van der Waals surface area (Å²) in [6.07, 6.45) is 0. The Morgan fingerprint density at radius 2 is 1.80 bits per heavy atom. The Balaban J connectivity index is 2.07. The summed E-state index contributed by atoms with van der Waals surface area (Å²) in [6, 6.07) is 5.39. The summed E-state index contributed by atoms with van der Waals surface area (Å²) in [7, 11) is 0. The lowest BCUT2D eigenvalue weighted by atomic mass is 10.0. The Bertz CT molecular complexity index is 505. The maximum atomic E-state index is 12.5. The van der Waals surface area contributed by atoms with Gasteiger partial charge >= 0.3 is 0 Å². The molecule has 1 aromatic rings. The lowest BCUT2D eigenvalue weighted by molar-refractivity contribution is 0.0451. The molecule has 0 aromatic heterocycles. The van der Waals surface area contributed by atoms with Gasteiger partial charge < -0.3 is 4.90 Å². The van der Waals surface area contributed by atoms with Crippen molar-refractivity contribution < 1.29 is 4.79 Å². The Hall–Kier alpha value is -0.580. The zero-order chi connectivity index (χ0) is 14.9. The van der Waals surface area contributed by atoms with Crippen LogP contribution in [0.3, 0.4) is 0 Å². The van der Waals surface area contributed by atoms with Crippen molar-refractivity contribution in [2.45, 2.75) is 26.3 Å². The van der Waals surface area contributed by atoms with Crippen LogP contribution in [-0.2, 0) is 0 Å². The summed E-state index contributed by atoms with van der Waals surface area (Å²) in [5, 5.41) is 0.511. The number of carbonyl (C=O) groups is 1. The van der Waals surface area contributed by atoms with Crippen LogP contribution >= 0.6 is 27.5 Å². The highest BCUT2D eigenvalue weighted by Crippen LogP contribution is 2.24. The van der Waals surface area contributed by atoms with Gasteiger partial charge in [-0.15, -0.1) is 0 Å². The molecule has 1 saturated heterocycles. The van der Waals surface area contributed by atoms with Gasteiger partial charge in [-0.05, 0) is 39.0 Å². The van der Waals surface area contributed by atoms with Crippen LogP contribution in [0.5, 0.6) is 0 Å². The number of halogens is 2. The Kier molecular flexibility index (Phi) is 4.77. The molecule has 0 radical (unpaired) electrons. The summed E-state index contributed by atoms with van der Waals surface area (Å²) in [5.41, 5.74) is 0.730. The highest BCUT2D eigenvalue weighted by atomic mass is 79.9. The van der Waals surface area contributed by atoms with Gasteiger partial charge in [0, 0.05) is 36.2 Å². The molecule has 1 amide bonds. The van der Waals surface area contributed by atoms with Crippen molar-refractivity contribution in [2.75, 3.05) is 26.2 Å². The first-order chi connectivity index (χ1) is 9.29. The second-order valence-electron chi connectivity index (χ2n) is 6.07. The average molecular weight is 360 g/mol. The van der Waals surface area contributed by atoms with Crippen molar-refractivity contribution in [3.8, 4) is 0 Å². The monoisotopic (exact) mass is 358 g/mol. The maximum absolute atomic E-state index is 12.5. The first kappa shape index (κ1) is 15.8. The fraction of sp³-hybridized carbons (Fsp3) is 0.533. The molecule has 5 heteroatoms. The van der Waals surface area contributed by atoms with Gasteiger partial charge in [0.05, 0.1) is 10.6 Å². The van der Waals surface area contributed by atoms with Gasteiger partial charge in [-0.25, -0.2) is 0 Å².